The van der Waals surface area contributed by atoms with E-state index in [0.717, 1.165) is 47.9 Å². The van der Waals surface area contributed by atoms with Gasteiger partial charge in [-0.05, 0) is 50.2 Å². The molecule has 0 fully saturated rings. The highest BCUT2D eigenvalue weighted by Gasteiger charge is 2.30. The lowest BCUT2D eigenvalue weighted by molar-refractivity contribution is -0.120. The van der Waals surface area contributed by atoms with Crippen LogP contribution in [0.1, 0.15) is 23.9 Å². The summed E-state index contributed by atoms with van der Waals surface area (Å²) in [6, 6.07) is 3.85. The van der Waals surface area contributed by atoms with Crippen LogP contribution in [0.15, 0.2) is 51.0 Å². The van der Waals surface area contributed by atoms with Crippen molar-refractivity contribution in [3.63, 3.8) is 0 Å². The molecule has 150 valence electrons. The van der Waals surface area contributed by atoms with Gasteiger partial charge in [0.25, 0.3) is 5.91 Å². The van der Waals surface area contributed by atoms with Crippen molar-refractivity contribution in [3.05, 3.63) is 53.4 Å². The van der Waals surface area contributed by atoms with E-state index >= 15 is 0 Å². The lowest BCUT2D eigenvalue weighted by atomic mass is 9.98. The summed E-state index contributed by atoms with van der Waals surface area (Å²) in [4.78, 5) is 20.0. The Morgan fingerprint density at radius 3 is 3.00 bits per heavy atom. The molecule has 29 heavy (non-hydrogen) atoms. The number of furan rings is 1. The molecule has 4 N–H and O–H groups in total. The van der Waals surface area contributed by atoms with Crippen LogP contribution in [0.25, 0.3) is 17.4 Å². The SMILES string of the molecule is CCNCCc1c(C)[nH]c(C=C2NC=CN=C2C2C=NNC2=O)c1-c1ccco1. The van der Waals surface area contributed by atoms with E-state index in [1.165, 1.54) is 5.56 Å². The van der Waals surface area contributed by atoms with E-state index in [4.69, 9.17) is 4.42 Å². The summed E-state index contributed by atoms with van der Waals surface area (Å²) >= 11 is 0. The molecule has 8 nitrogen and oxygen atoms in total. The second-order valence-electron chi connectivity index (χ2n) is 6.86. The number of amides is 1. The van der Waals surface area contributed by atoms with Crippen LogP contribution in [-0.4, -0.2) is 35.9 Å². The molecule has 2 aromatic heterocycles. The average molecular weight is 392 g/mol. The van der Waals surface area contributed by atoms with Gasteiger partial charge >= 0.3 is 0 Å². The molecule has 2 aliphatic rings. The molecule has 4 rings (SSSR count). The van der Waals surface area contributed by atoms with E-state index in [1.807, 2.05) is 18.2 Å². The molecule has 1 atom stereocenters. The first-order valence-electron chi connectivity index (χ1n) is 9.69. The van der Waals surface area contributed by atoms with Gasteiger partial charge < -0.3 is 20.0 Å². The number of aromatic nitrogens is 1. The second-order valence-corrected chi connectivity index (χ2v) is 6.86. The van der Waals surface area contributed by atoms with Crippen LogP contribution in [0.2, 0.25) is 0 Å². The van der Waals surface area contributed by atoms with Gasteiger partial charge in [0, 0.05) is 29.9 Å². The summed E-state index contributed by atoms with van der Waals surface area (Å²) in [5.41, 5.74) is 8.06. The van der Waals surface area contributed by atoms with Crippen molar-refractivity contribution in [2.24, 2.45) is 16.0 Å². The fourth-order valence-electron chi connectivity index (χ4n) is 3.61. The zero-order valence-electron chi connectivity index (χ0n) is 16.5. The monoisotopic (exact) mass is 392 g/mol. The van der Waals surface area contributed by atoms with Crippen molar-refractivity contribution >= 4 is 23.9 Å². The Balaban J connectivity index is 1.75. The van der Waals surface area contributed by atoms with Crippen LogP contribution in [0.3, 0.4) is 0 Å². The number of carbonyl (C=O) groups is 1. The molecule has 0 bridgehead atoms. The van der Waals surface area contributed by atoms with Crippen molar-refractivity contribution in [3.8, 4) is 11.3 Å². The van der Waals surface area contributed by atoms with Crippen LogP contribution >= 0.6 is 0 Å². The largest absolute Gasteiger partial charge is 0.464 e. The van der Waals surface area contributed by atoms with Crippen LogP contribution in [-0.2, 0) is 11.2 Å². The van der Waals surface area contributed by atoms with Crippen molar-refractivity contribution < 1.29 is 9.21 Å². The number of allylic oxidation sites excluding steroid dienone is 1. The van der Waals surface area contributed by atoms with Crippen molar-refractivity contribution in [1.29, 1.82) is 0 Å². The standard InChI is InChI=1S/C21H24N6O2/c1-3-22-7-6-14-13(2)26-16(19(14)18-5-4-10-29-18)11-17-20(24-9-8-23-17)15-12-25-27-21(15)28/h4-5,8-12,15,22-23,26H,3,6-7H2,1-2H3,(H,27,28). The minimum absolute atomic E-state index is 0.188. The molecular formula is C21H24N6O2. The summed E-state index contributed by atoms with van der Waals surface area (Å²) in [5, 5.41) is 10.5. The van der Waals surface area contributed by atoms with Gasteiger partial charge in [-0.3, -0.25) is 9.79 Å². The molecule has 0 saturated heterocycles. The van der Waals surface area contributed by atoms with Gasteiger partial charge in [0.05, 0.1) is 23.4 Å². The molecule has 1 amide bonds. The first kappa shape index (κ1) is 18.9. The lowest BCUT2D eigenvalue weighted by Gasteiger charge is -2.16. The number of rotatable bonds is 7. The first-order chi connectivity index (χ1) is 14.2. The zero-order valence-corrected chi connectivity index (χ0v) is 16.5. The van der Waals surface area contributed by atoms with Crippen molar-refractivity contribution in [1.82, 2.24) is 21.0 Å². The van der Waals surface area contributed by atoms with Gasteiger partial charge in [-0.25, -0.2) is 5.43 Å². The van der Waals surface area contributed by atoms with E-state index in [1.54, 1.807) is 24.9 Å². The Labute approximate surface area is 168 Å². The molecule has 1 unspecified atom stereocenters. The minimum atomic E-state index is -0.518. The van der Waals surface area contributed by atoms with Crippen LogP contribution in [0.4, 0.5) is 0 Å². The molecule has 0 spiro atoms. The van der Waals surface area contributed by atoms with Crippen molar-refractivity contribution in [2.45, 2.75) is 20.3 Å². The molecule has 0 radical (unpaired) electrons. The Morgan fingerprint density at radius 2 is 2.28 bits per heavy atom. The zero-order chi connectivity index (χ0) is 20.2. The van der Waals surface area contributed by atoms with Gasteiger partial charge in [0.1, 0.15) is 11.7 Å². The van der Waals surface area contributed by atoms with Crippen molar-refractivity contribution in [2.75, 3.05) is 13.1 Å². The summed E-state index contributed by atoms with van der Waals surface area (Å²) < 4.78 is 5.73. The van der Waals surface area contributed by atoms with E-state index in [-0.39, 0.29) is 5.91 Å². The Hall–Kier alpha value is -3.39. The summed E-state index contributed by atoms with van der Waals surface area (Å²) in [6.45, 7) is 5.97. The molecule has 4 heterocycles. The number of carbonyl (C=O) groups excluding carboxylic acids is 1. The predicted octanol–water partition coefficient (Wildman–Crippen LogP) is 2.32. The molecule has 0 saturated carbocycles. The number of hydrogen-bond acceptors (Lipinski definition) is 6. The van der Waals surface area contributed by atoms with Crippen LogP contribution in [0.5, 0.6) is 0 Å². The van der Waals surface area contributed by atoms with E-state index in [0.29, 0.717) is 5.71 Å². The van der Waals surface area contributed by atoms with Gasteiger partial charge in [-0.2, -0.15) is 5.10 Å². The van der Waals surface area contributed by atoms with Gasteiger partial charge in [0.15, 0.2) is 0 Å². The third-order valence-electron chi connectivity index (χ3n) is 4.98. The van der Waals surface area contributed by atoms with Gasteiger partial charge in [-0.15, -0.1) is 0 Å². The predicted molar refractivity (Wildman–Crippen MR) is 113 cm³/mol. The highest BCUT2D eigenvalue weighted by Crippen LogP contribution is 2.33. The summed E-state index contributed by atoms with van der Waals surface area (Å²) in [5.74, 6) is 0.0970. The Morgan fingerprint density at radius 1 is 1.38 bits per heavy atom. The van der Waals surface area contributed by atoms with Gasteiger partial charge in [-0.1, -0.05) is 6.92 Å². The maximum atomic E-state index is 12.1. The topological polar surface area (TPSA) is 107 Å². The van der Waals surface area contributed by atoms with Gasteiger partial charge in [0.2, 0.25) is 0 Å². The van der Waals surface area contributed by atoms with E-state index < -0.39 is 5.92 Å². The molecule has 8 heteroatoms. The first-order valence-corrected chi connectivity index (χ1v) is 9.69. The maximum absolute atomic E-state index is 12.1. The highest BCUT2D eigenvalue weighted by atomic mass is 16.3. The van der Waals surface area contributed by atoms with Crippen LogP contribution in [0, 0.1) is 12.8 Å². The fraction of sp³-hybridized carbons (Fsp3) is 0.286. The quantitative estimate of drug-likeness (QED) is 0.543. The number of likely N-dealkylation sites (N-methyl/N-ethyl adjacent to an activating group) is 1. The summed E-state index contributed by atoms with van der Waals surface area (Å²) in [6.07, 6.45) is 9.49. The van der Waals surface area contributed by atoms with Crippen LogP contribution < -0.4 is 16.1 Å². The highest BCUT2D eigenvalue weighted by molar-refractivity contribution is 6.24. The third kappa shape index (κ3) is 3.79. The number of hydrogen-bond donors (Lipinski definition) is 4. The average Bonchev–Trinajstić information content (AvgIpc) is 3.44. The number of hydrazone groups is 1. The normalized spacial score (nSPS) is 19.5. The number of nitrogens with zero attached hydrogens (tertiary/aromatic N) is 2. The minimum Gasteiger partial charge on any atom is -0.464 e. The Bertz CT molecular complexity index is 1010. The number of H-pyrrole nitrogens is 1. The summed E-state index contributed by atoms with van der Waals surface area (Å²) in [7, 11) is 0. The molecule has 0 aromatic carbocycles. The smallest absolute Gasteiger partial charge is 0.254 e. The number of aliphatic imine (C=N–C) groups is 1. The number of aryl methyl sites for hydroxylation is 1. The molecule has 2 aliphatic heterocycles. The van der Waals surface area contributed by atoms with E-state index in [9.17, 15) is 4.79 Å². The second kappa shape index (κ2) is 8.32. The number of aromatic amines is 1. The van der Waals surface area contributed by atoms with E-state index in [2.05, 4.69) is 45.0 Å². The maximum Gasteiger partial charge on any atom is 0.254 e. The molecular weight excluding hydrogens is 368 g/mol. The number of nitrogens with one attached hydrogen (secondary N) is 4. The fourth-order valence-corrected chi connectivity index (χ4v) is 3.61. The third-order valence-corrected chi connectivity index (χ3v) is 4.98. The lowest BCUT2D eigenvalue weighted by Crippen LogP contribution is -2.32. The molecule has 0 aliphatic carbocycles. The molecule has 2 aromatic rings. The Kier molecular flexibility index (Phi) is 5.44.